The molecule has 3 saturated heterocycles. The maximum Gasteiger partial charge on any atom is 0.110 e. The fraction of sp³-hybridized carbons (Fsp3) is 0.594. The van der Waals surface area contributed by atoms with E-state index in [0.717, 1.165) is 57.0 Å². The second-order valence-electron chi connectivity index (χ2n) is 13.6. The molecule has 198 valence electrons. The molecule has 2 spiro atoms. The minimum Gasteiger partial charge on any atom is -0.392 e. The zero-order valence-corrected chi connectivity index (χ0v) is 22.1. The standard InChI is InChI=1S/C32H37N3O3/c1-30-7-4-21-13-23-28-29(37-28)24(35-11-6-22(33)17-35)15-31(23)8-9-32(21,38-31)26(30)14-25(36)27(30)19-3-2-18-5-10-34-16-20(18)12-19/h2-5,10,12-13,16,22,24-29,36H,6-9,11,14-15,17,33H2,1H3/t22-,24+,25-,26-,27+,28-,29?,30+,31-,32?/m1/s1. The van der Waals surface area contributed by atoms with Crippen molar-refractivity contribution in [3.8, 4) is 0 Å². The van der Waals surface area contributed by atoms with Crippen molar-refractivity contribution in [3.63, 3.8) is 0 Å². The maximum absolute atomic E-state index is 11.7. The maximum atomic E-state index is 11.7. The van der Waals surface area contributed by atoms with Gasteiger partial charge in [0.25, 0.3) is 0 Å². The molecule has 3 aliphatic carbocycles. The van der Waals surface area contributed by atoms with Crippen LogP contribution in [0.2, 0.25) is 0 Å². The predicted molar refractivity (Wildman–Crippen MR) is 145 cm³/mol. The molecule has 5 heterocycles. The molecule has 0 radical (unpaired) electrons. The molecule has 5 fully saturated rings. The zero-order valence-electron chi connectivity index (χ0n) is 22.1. The van der Waals surface area contributed by atoms with E-state index in [1.807, 2.05) is 12.4 Å². The Labute approximate surface area is 223 Å². The van der Waals surface area contributed by atoms with Crippen LogP contribution in [0.1, 0.15) is 56.9 Å². The molecule has 38 heavy (non-hydrogen) atoms. The van der Waals surface area contributed by atoms with Gasteiger partial charge < -0.3 is 20.3 Å². The van der Waals surface area contributed by atoms with Crippen molar-refractivity contribution in [2.24, 2.45) is 17.1 Å². The van der Waals surface area contributed by atoms with Crippen molar-refractivity contribution >= 4 is 10.8 Å². The normalized spacial score (nSPS) is 48.7. The highest BCUT2D eigenvalue weighted by atomic mass is 16.6. The number of allylic oxidation sites excluding steroid dienone is 1. The SMILES string of the molecule is C[C@]12CC=C3C=C4[C@H]5OC5[C@@H](N5CC[C@@H](N)C5)C[C@]45CCC3(O5)[C@@H]1C[C@@H](O)[C@@H]2c1ccc2ccncc2c1. The third-order valence-corrected chi connectivity index (χ3v) is 11.8. The second-order valence-corrected chi connectivity index (χ2v) is 13.6. The molecule has 4 aliphatic heterocycles. The van der Waals surface area contributed by atoms with Crippen LogP contribution < -0.4 is 5.73 Å². The van der Waals surface area contributed by atoms with Crippen LogP contribution in [0.3, 0.4) is 0 Å². The smallest absolute Gasteiger partial charge is 0.110 e. The summed E-state index contributed by atoms with van der Waals surface area (Å²) in [5, 5.41) is 14.0. The predicted octanol–water partition coefficient (Wildman–Crippen LogP) is 3.84. The van der Waals surface area contributed by atoms with E-state index in [-0.39, 0.29) is 46.7 Å². The Morgan fingerprint density at radius 1 is 1.18 bits per heavy atom. The fourth-order valence-electron chi connectivity index (χ4n) is 10.0. The molecule has 10 atom stereocenters. The summed E-state index contributed by atoms with van der Waals surface area (Å²) in [6, 6.07) is 9.41. The molecule has 7 aliphatic rings. The molecule has 9 rings (SSSR count). The van der Waals surface area contributed by atoms with E-state index in [0.29, 0.717) is 12.1 Å². The van der Waals surface area contributed by atoms with Crippen molar-refractivity contribution in [1.29, 1.82) is 0 Å². The van der Waals surface area contributed by atoms with Gasteiger partial charge in [-0.05, 0) is 78.2 Å². The topological polar surface area (TPSA) is 84.1 Å². The summed E-state index contributed by atoms with van der Waals surface area (Å²) in [7, 11) is 0. The molecule has 1 aromatic carbocycles. The number of likely N-dealkylation sites (tertiary alicyclic amines) is 1. The van der Waals surface area contributed by atoms with Crippen LogP contribution in [-0.4, -0.2) is 69.7 Å². The number of epoxide rings is 1. The van der Waals surface area contributed by atoms with Crippen molar-refractivity contribution in [2.75, 3.05) is 13.1 Å². The highest BCUT2D eigenvalue weighted by Gasteiger charge is 2.72. The van der Waals surface area contributed by atoms with Gasteiger partial charge in [-0.3, -0.25) is 9.88 Å². The van der Waals surface area contributed by atoms with Gasteiger partial charge in [0.1, 0.15) is 12.2 Å². The van der Waals surface area contributed by atoms with E-state index >= 15 is 0 Å². The quantitative estimate of drug-likeness (QED) is 0.596. The van der Waals surface area contributed by atoms with Crippen molar-refractivity contribution in [3.05, 3.63) is 65.5 Å². The summed E-state index contributed by atoms with van der Waals surface area (Å²) in [5.41, 5.74) is 9.67. The average Bonchev–Trinajstić information content (AvgIpc) is 3.38. The molecule has 6 nitrogen and oxygen atoms in total. The number of nitrogens with zero attached hydrogens (tertiary/aromatic N) is 2. The lowest BCUT2D eigenvalue weighted by Crippen LogP contribution is -2.57. The number of fused-ring (bicyclic) bond motifs is 4. The lowest BCUT2D eigenvalue weighted by atomic mass is 9.58. The van der Waals surface area contributed by atoms with E-state index in [9.17, 15) is 5.11 Å². The first-order valence-electron chi connectivity index (χ1n) is 14.7. The number of hydrogen-bond donors (Lipinski definition) is 2. The van der Waals surface area contributed by atoms with Crippen LogP contribution in [-0.2, 0) is 9.47 Å². The lowest BCUT2D eigenvalue weighted by molar-refractivity contribution is -0.138. The van der Waals surface area contributed by atoms with E-state index in [2.05, 4.69) is 53.2 Å². The Balaban J connectivity index is 1.10. The number of aliphatic hydroxyl groups is 1. The van der Waals surface area contributed by atoms with E-state index in [1.165, 1.54) is 22.1 Å². The van der Waals surface area contributed by atoms with E-state index < -0.39 is 0 Å². The third-order valence-electron chi connectivity index (χ3n) is 11.8. The van der Waals surface area contributed by atoms with Crippen LogP contribution in [0, 0.1) is 11.3 Å². The first-order chi connectivity index (χ1) is 18.4. The summed E-state index contributed by atoms with van der Waals surface area (Å²) in [6.07, 6.45) is 14.7. The Morgan fingerprint density at radius 3 is 2.97 bits per heavy atom. The first kappa shape index (κ1) is 22.7. The van der Waals surface area contributed by atoms with E-state index in [1.54, 1.807) is 0 Å². The van der Waals surface area contributed by atoms with Gasteiger partial charge in [0.2, 0.25) is 0 Å². The van der Waals surface area contributed by atoms with Gasteiger partial charge >= 0.3 is 0 Å². The summed E-state index contributed by atoms with van der Waals surface area (Å²) in [4.78, 5) is 6.93. The van der Waals surface area contributed by atoms with Crippen LogP contribution in [0.25, 0.3) is 10.8 Å². The Morgan fingerprint density at radius 2 is 2.11 bits per heavy atom. The fourth-order valence-corrected chi connectivity index (χ4v) is 10.0. The number of aromatic nitrogens is 1. The molecule has 2 saturated carbocycles. The summed E-state index contributed by atoms with van der Waals surface area (Å²) in [5.74, 6) is 0.365. The molecule has 0 amide bonds. The molecular weight excluding hydrogens is 474 g/mol. The number of benzene rings is 1. The molecule has 2 unspecified atom stereocenters. The van der Waals surface area contributed by atoms with Gasteiger partial charge in [-0.1, -0.05) is 31.2 Å². The minimum absolute atomic E-state index is 0.0654. The van der Waals surface area contributed by atoms with Crippen molar-refractivity contribution in [1.82, 2.24) is 9.88 Å². The Hall–Kier alpha value is -2.09. The highest BCUT2D eigenvalue weighted by Crippen LogP contribution is 2.70. The number of nitrogens with two attached hydrogens (primary N) is 1. The number of rotatable bonds is 2. The summed E-state index contributed by atoms with van der Waals surface area (Å²) in [6.45, 7) is 4.45. The van der Waals surface area contributed by atoms with Gasteiger partial charge in [-0.2, -0.15) is 0 Å². The van der Waals surface area contributed by atoms with Crippen LogP contribution in [0.4, 0.5) is 0 Å². The van der Waals surface area contributed by atoms with Crippen molar-refractivity contribution in [2.45, 2.75) is 93.0 Å². The molecule has 2 bridgehead atoms. The Bertz CT molecular complexity index is 1420. The monoisotopic (exact) mass is 511 g/mol. The summed E-state index contributed by atoms with van der Waals surface area (Å²) < 4.78 is 13.8. The average molecular weight is 512 g/mol. The second kappa shape index (κ2) is 7.35. The van der Waals surface area contributed by atoms with Gasteiger partial charge in [0.15, 0.2) is 0 Å². The van der Waals surface area contributed by atoms with Gasteiger partial charge in [0, 0.05) is 54.8 Å². The van der Waals surface area contributed by atoms with E-state index in [4.69, 9.17) is 15.2 Å². The molecule has 6 heteroatoms. The van der Waals surface area contributed by atoms with Crippen LogP contribution in [0.5, 0.6) is 0 Å². The summed E-state index contributed by atoms with van der Waals surface area (Å²) >= 11 is 0. The minimum atomic E-state index is -0.381. The molecule has 3 N–H and O–H groups in total. The number of ether oxygens (including phenoxy) is 2. The number of aliphatic hydroxyl groups excluding tert-OH is 1. The number of hydrogen-bond acceptors (Lipinski definition) is 6. The highest BCUT2D eigenvalue weighted by molar-refractivity contribution is 5.82. The largest absolute Gasteiger partial charge is 0.392 e. The third kappa shape index (κ3) is 2.78. The van der Waals surface area contributed by atoms with Crippen LogP contribution >= 0.6 is 0 Å². The molecule has 1 aromatic heterocycles. The van der Waals surface area contributed by atoms with Gasteiger partial charge in [-0.25, -0.2) is 0 Å². The van der Waals surface area contributed by atoms with Crippen LogP contribution in [0.15, 0.2) is 60.0 Å². The number of pyridine rings is 1. The van der Waals surface area contributed by atoms with Gasteiger partial charge in [0.05, 0.1) is 17.3 Å². The van der Waals surface area contributed by atoms with Gasteiger partial charge in [-0.15, -0.1) is 0 Å². The zero-order chi connectivity index (χ0) is 25.4. The Kier molecular flexibility index (Phi) is 4.39. The van der Waals surface area contributed by atoms with Crippen molar-refractivity contribution < 1.29 is 14.6 Å². The molecular formula is C32H37N3O3. The lowest BCUT2D eigenvalue weighted by Gasteiger charge is -2.54. The first-order valence-corrected chi connectivity index (χ1v) is 14.7. The molecule has 2 aromatic rings.